The first kappa shape index (κ1) is 22.1. The Morgan fingerprint density at radius 3 is 2.18 bits per heavy atom. The van der Waals surface area contributed by atoms with Crippen LogP contribution in [0, 0.1) is 6.92 Å². The molecule has 0 atom stereocenters. The molecule has 1 saturated carbocycles. The average molecular weight is 452 g/mol. The summed E-state index contributed by atoms with van der Waals surface area (Å²) in [6.45, 7) is 2.02. The molecule has 0 N–H and O–H groups in total. The highest BCUT2D eigenvalue weighted by Crippen LogP contribution is 2.35. The number of amides is 1. The first-order chi connectivity index (χ1) is 16.6. The second-order valence-corrected chi connectivity index (χ2v) is 9.14. The Bertz CT molecular complexity index is 1260. The maximum absolute atomic E-state index is 13.1. The summed E-state index contributed by atoms with van der Waals surface area (Å²) in [5.41, 5.74) is 4.90. The van der Waals surface area contributed by atoms with E-state index in [0.717, 1.165) is 42.4 Å². The first-order valence-electron chi connectivity index (χ1n) is 11.9. The number of hydrogen-bond acceptors (Lipinski definition) is 4. The molecule has 5 heteroatoms. The summed E-state index contributed by atoms with van der Waals surface area (Å²) in [5, 5.41) is 8.41. The van der Waals surface area contributed by atoms with Gasteiger partial charge in [-0.05, 0) is 80.0 Å². The van der Waals surface area contributed by atoms with Gasteiger partial charge in [0.05, 0.1) is 0 Å². The summed E-state index contributed by atoms with van der Waals surface area (Å²) >= 11 is 0. The molecule has 4 aromatic rings. The summed E-state index contributed by atoms with van der Waals surface area (Å²) < 4.78 is 5.91. The fourth-order valence-corrected chi connectivity index (χ4v) is 4.91. The van der Waals surface area contributed by atoms with E-state index in [4.69, 9.17) is 4.42 Å². The van der Waals surface area contributed by atoms with E-state index in [1.807, 2.05) is 67.4 Å². The molecule has 5 nitrogen and oxygen atoms in total. The lowest BCUT2D eigenvalue weighted by Crippen LogP contribution is -2.39. The maximum atomic E-state index is 13.1. The Balaban J connectivity index is 1.23. The van der Waals surface area contributed by atoms with Gasteiger partial charge in [-0.2, -0.15) is 0 Å². The highest BCUT2D eigenvalue weighted by molar-refractivity contribution is 5.94. The van der Waals surface area contributed by atoms with Crippen molar-refractivity contribution >= 4 is 5.91 Å². The summed E-state index contributed by atoms with van der Waals surface area (Å²) in [7, 11) is 1.93. The highest BCUT2D eigenvalue weighted by Gasteiger charge is 2.27. The minimum absolute atomic E-state index is 0.0563. The van der Waals surface area contributed by atoms with Gasteiger partial charge < -0.3 is 9.32 Å². The van der Waals surface area contributed by atoms with Gasteiger partial charge in [-0.25, -0.2) is 0 Å². The fraction of sp³-hybridized carbons (Fsp3) is 0.276. The number of carbonyl (C=O) groups excluding carboxylic acids is 1. The zero-order chi connectivity index (χ0) is 23.5. The SMILES string of the molecule is Cc1ccccc1-c1nnc(-c2ccc(C(=O)N(C)C3CCC(c4ccccc4)CC3)cc2)o1. The number of rotatable bonds is 5. The van der Waals surface area contributed by atoms with Crippen LogP contribution in [-0.4, -0.2) is 34.1 Å². The topological polar surface area (TPSA) is 59.2 Å². The lowest BCUT2D eigenvalue weighted by molar-refractivity contribution is 0.0689. The van der Waals surface area contributed by atoms with Crippen LogP contribution < -0.4 is 0 Å². The first-order valence-corrected chi connectivity index (χ1v) is 11.9. The van der Waals surface area contributed by atoms with Gasteiger partial charge in [-0.3, -0.25) is 4.79 Å². The van der Waals surface area contributed by atoms with E-state index in [-0.39, 0.29) is 11.9 Å². The molecule has 5 rings (SSSR count). The van der Waals surface area contributed by atoms with E-state index in [2.05, 4.69) is 40.5 Å². The molecule has 0 unspecified atom stereocenters. The van der Waals surface area contributed by atoms with Crippen LogP contribution in [0.4, 0.5) is 0 Å². The van der Waals surface area contributed by atoms with Gasteiger partial charge in [0, 0.05) is 29.8 Å². The summed E-state index contributed by atoms with van der Waals surface area (Å²) in [4.78, 5) is 15.1. The second-order valence-electron chi connectivity index (χ2n) is 9.14. The quantitative estimate of drug-likeness (QED) is 0.347. The molecule has 1 aromatic heterocycles. The van der Waals surface area contributed by atoms with Crippen LogP contribution in [0.5, 0.6) is 0 Å². The molecule has 1 heterocycles. The molecule has 0 bridgehead atoms. The van der Waals surface area contributed by atoms with E-state index in [9.17, 15) is 4.79 Å². The minimum Gasteiger partial charge on any atom is -0.416 e. The number of nitrogens with zero attached hydrogens (tertiary/aromatic N) is 3. The predicted octanol–water partition coefficient (Wildman–Crippen LogP) is 6.51. The molecular formula is C29H29N3O2. The zero-order valence-corrected chi connectivity index (χ0v) is 19.6. The third-order valence-electron chi connectivity index (χ3n) is 7.02. The molecule has 3 aromatic carbocycles. The van der Waals surface area contributed by atoms with E-state index in [0.29, 0.717) is 23.3 Å². The largest absolute Gasteiger partial charge is 0.416 e. The molecule has 34 heavy (non-hydrogen) atoms. The molecule has 1 aliphatic carbocycles. The number of aryl methyl sites for hydroxylation is 1. The molecule has 1 aliphatic rings. The summed E-state index contributed by atoms with van der Waals surface area (Å²) in [6.07, 6.45) is 4.30. The molecule has 1 amide bonds. The van der Waals surface area contributed by atoms with Gasteiger partial charge in [0.2, 0.25) is 11.8 Å². The zero-order valence-electron chi connectivity index (χ0n) is 19.6. The van der Waals surface area contributed by atoms with Crippen molar-refractivity contribution < 1.29 is 9.21 Å². The molecule has 1 fully saturated rings. The lowest BCUT2D eigenvalue weighted by Gasteiger charge is -2.35. The van der Waals surface area contributed by atoms with Crippen molar-refractivity contribution in [1.29, 1.82) is 0 Å². The normalized spacial score (nSPS) is 17.9. The Labute approximate surface area is 200 Å². The molecule has 0 radical (unpaired) electrons. The molecule has 172 valence electrons. The lowest BCUT2D eigenvalue weighted by atomic mass is 9.81. The highest BCUT2D eigenvalue weighted by atomic mass is 16.4. The number of hydrogen-bond donors (Lipinski definition) is 0. The molecule has 0 spiro atoms. The Hall–Kier alpha value is -3.73. The standard InChI is InChI=1S/C29H29N3O2/c1-20-8-6-7-11-26(20)28-31-30-27(34-28)23-12-14-24(15-13-23)29(33)32(2)25-18-16-22(17-19-25)21-9-4-3-5-10-21/h3-15,22,25H,16-19H2,1-2H3. The summed E-state index contributed by atoms with van der Waals surface area (Å²) in [6, 6.07) is 26.4. The maximum Gasteiger partial charge on any atom is 0.253 e. The molecular weight excluding hydrogens is 422 g/mol. The van der Waals surface area contributed by atoms with Gasteiger partial charge in [0.25, 0.3) is 5.91 Å². The third-order valence-corrected chi connectivity index (χ3v) is 7.02. The predicted molar refractivity (Wildman–Crippen MR) is 133 cm³/mol. The minimum atomic E-state index is 0.0563. The van der Waals surface area contributed by atoms with Crippen LogP contribution in [0.25, 0.3) is 22.9 Å². The second kappa shape index (κ2) is 9.64. The van der Waals surface area contributed by atoms with Crippen LogP contribution in [0.1, 0.15) is 53.1 Å². The van der Waals surface area contributed by atoms with E-state index in [1.54, 1.807) is 0 Å². The van der Waals surface area contributed by atoms with Crippen molar-refractivity contribution in [3.63, 3.8) is 0 Å². The van der Waals surface area contributed by atoms with E-state index in [1.165, 1.54) is 5.56 Å². The van der Waals surface area contributed by atoms with Crippen LogP contribution in [0.3, 0.4) is 0 Å². The van der Waals surface area contributed by atoms with Gasteiger partial charge in [-0.1, -0.05) is 48.5 Å². The summed E-state index contributed by atoms with van der Waals surface area (Å²) in [5.74, 6) is 1.60. The Kier molecular flexibility index (Phi) is 6.26. The molecule has 0 saturated heterocycles. The van der Waals surface area contributed by atoms with Crippen LogP contribution in [0.2, 0.25) is 0 Å². The van der Waals surface area contributed by atoms with Crippen LogP contribution >= 0.6 is 0 Å². The van der Waals surface area contributed by atoms with Crippen molar-refractivity contribution in [1.82, 2.24) is 15.1 Å². The third kappa shape index (κ3) is 4.51. The smallest absolute Gasteiger partial charge is 0.253 e. The van der Waals surface area contributed by atoms with E-state index < -0.39 is 0 Å². The van der Waals surface area contributed by atoms with Crippen molar-refractivity contribution in [3.8, 4) is 22.9 Å². The Morgan fingerprint density at radius 1 is 0.824 bits per heavy atom. The van der Waals surface area contributed by atoms with Gasteiger partial charge in [-0.15, -0.1) is 10.2 Å². The van der Waals surface area contributed by atoms with Crippen molar-refractivity contribution in [2.45, 2.75) is 44.6 Å². The number of benzene rings is 3. The van der Waals surface area contributed by atoms with Crippen molar-refractivity contribution in [2.75, 3.05) is 7.05 Å². The fourth-order valence-electron chi connectivity index (χ4n) is 4.91. The number of carbonyl (C=O) groups is 1. The van der Waals surface area contributed by atoms with Crippen LogP contribution in [0.15, 0.2) is 83.3 Å². The van der Waals surface area contributed by atoms with Gasteiger partial charge in [0.15, 0.2) is 0 Å². The Morgan fingerprint density at radius 2 is 1.47 bits per heavy atom. The van der Waals surface area contributed by atoms with Gasteiger partial charge in [0.1, 0.15) is 0 Å². The van der Waals surface area contributed by atoms with Crippen molar-refractivity contribution in [3.05, 3.63) is 95.6 Å². The number of aromatic nitrogens is 2. The van der Waals surface area contributed by atoms with Crippen molar-refractivity contribution in [2.24, 2.45) is 0 Å². The average Bonchev–Trinajstić information content (AvgIpc) is 3.39. The van der Waals surface area contributed by atoms with Gasteiger partial charge >= 0.3 is 0 Å². The van der Waals surface area contributed by atoms with Crippen LogP contribution in [-0.2, 0) is 0 Å². The molecule has 0 aliphatic heterocycles. The monoisotopic (exact) mass is 451 g/mol. The van der Waals surface area contributed by atoms with E-state index >= 15 is 0 Å².